The SMILES string of the molecule is COc1ccc(Br)cc1/C=N\NC(=O)CSc1nnc([C@@H](C)Nc2cccc(Cl)c2)n1C. The predicted molar refractivity (Wildman–Crippen MR) is 132 cm³/mol. The summed E-state index contributed by atoms with van der Waals surface area (Å²) in [4.78, 5) is 12.2. The van der Waals surface area contributed by atoms with Crippen molar-refractivity contribution < 1.29 is 9.53 Å². The maximum Gasteiger partial charge on any atom is 0.250 e. The molecular weight excluding hydrogens is 516 g/mol. The van der Waals surface area contributed by atoms with Crippen LogP contribution in [-0.2, 0) is 11.8 Å². The second-order valence-corrected chi connectivity index (χ2v) is 9.04. The average Bonchev–Trinajstić information content (AvgIpc) is 3.13. The number of rotatable bonds is 9. The lowest BCUT2D eigenvalue weighted by molar-refractivity contribution is -0.118. The molecule has 0 bridgehead atoms. The number of thioether (sulfide) groups is 1. The molecule has 0 aliphatic carbocycles. The zero-order chi connectivity index (χ0) is 23.1. The van der Waals surface area contributed by atoms with E-state index in [2.05, 4.69) is 42.0 Å². The number of aromatic nitrogens is 3. The topological polar surface area (TPSA) is 93.4 Å². The lowest BCUT2D eigenvalue weighted by Gasteiger charge is -2.15. The summed E-state index contributed by atoms with van der Waals surface area (Å²) in [5.74, 6) is 1.30. The van der Waals surface area contributed by atoms with Crippen LogP contribution in [0.25, 0.3) is 0 Å². The van der Waals surface area contributed by atoms with Crippen LogP contribution in [0.5, 0.6) is 5.75 Å². The maximum absolute atomic E-state index is 12.2. The smallest absolute Gasteiger partial charge is 0.250 e. The Kier molecular flexibility index (Phi) is 8.54. The molecule has 3 rings (SSSR count). The van der Waals surface area contributed by atoms with Crippen molar-refractivity contribution in [3.05, 3.63) is 63.3 Å². The van der Waals surface area contributed by atoms with Gasteiger partial charge in [0.1, 0.15) is 5.75 Å². The van der Waals surface area contributed by atoms with Crippen LogP contribution >= 0.6 is 39.3 Å². The third kappa shape index (κ3) is 6.47. The fraction of sp³-hybridized carbons (Fsp3) is 0.238. The van der Waals surface area contributed by atoms with Crippen molar-refractivity contribution in [2.75, 3.05) is 18.2 Å². The lowest BCUT2D eigenvalue weighted by Crippen LogP contribution is -2.20. The van der Waals surface area contributed by atoms with Gasteiger partial charge in [-0.25, -0.2) is 5.43 Å². The van der Waals surface area contributed by atoms with E-state index in [1.807, 2.05) is 61.0 Å². The van der Waals surface area contributed by atoms with E-state index in [-0.39, 0.29) is 17.7 Å². The molecule has 1 atom stereocenters. The molecule has 0 saturated heterocycles. The summed E-state index contributed by atoms with van der Waals surface area (Å²) in [6.07, 6.45) is 1.54. The first-order chi connectivity index (χ1) is 15.4. The number of hydrogen-bond donors (Lipinski definition) is 2. The highest BCUT2D eigenvalue weighted by atomic mass is 79.9. The second kappa shape index (κ2) is 11.3. The number of carbonyl (C=O) groups excluding carboxylic acids is 1. The van der Waals surface area contributed by atoms with Crippen LogP contribution in [0.2, 0.25) is 5.02 Å². The molecule has 168 valence electrons. The van der Waals surface area contributed by atoms with Crippen LogP contribution in [-0.4, -0.2) is 39.7 Å². The Morgan fingerprint density at radius 3 is 2.91 bits per heavy atom. The summed E-state index contributed by atoms with van der Waals surface area (Å²) >= 11 is 10.7. The first-order valence-corrected chi connectivity index (χ1v) is 11.7. The molecule has 1 heterocycles. The first-order valence-electron chi connectivity index (χ1n) is 9.57. The molecule has 1 amide bonds. The summed E-state index contributed by atoms with van der Waals surface area (Å²) in [5.41, 5.74) is 4.15. The van der Waals surface area contributed by atoms with Crippen molar-refractivity contribution in [2.24, 2.45) is 12.1 Å². The number of ether oxygens (including phenoxy) is 1. The predicted octanol–water partition coefficient (Wildman–Crippen LogP) is 4.66. The summed E-state index contributed by atoms with van der Waals surface area (Å²) < 4.78 is 8.03. The molecule has 11 heteroatoms. The molecule has 0 radical (unpaired) electrons. The highest BCUT2D eigenvalue weighted by Crippen LogP contribution is 2.24. The summed E-state index contributed by atoms with van der Waals surface area (Å²) in [7, 11) is 3.44. The number of halogens is 2. The lowest BCUT2D eigenvalue weighted by atomic mass is 10.2. The Morgan fingerprint density at radius 2 is 2.16 bits per heavy atom. The van der Waals surface area contributed by atoms with Crippen molar-refractivity contribution in [3.8, 4) is 5.75 Å². The van der Waals surface area contributed by atoms with E-state index in [0.29, 0.717) is 15.9 Å². The molecule has 3 aromatic rings. The van der Waals surface area contributed by atoms with E-state index in [0.717, 1.165) is 21.5 Å². The average molecular weight is 538 g/mol. The second-order valence-electron chi connectivity index (χ2n) is 6.74. The third-order valence-electron chi connectivity index (χ3n) is 4.38. The van der Waals surface area contributed by atoms with E-state index in [1.165, 1.54) is 18.0 Å². The van der Waals surface area contributed by atoms with Gasteiger partial charge in [0.25, 0.3) is 5.91 Å². The molecule has 0 saturated carbocycles. The van der Waals surface area contributed by atoms with Crippen molar-refractivity contribution >= 4 is 57.1 Å². The molecule has 2 aromatic carbocycles. The standard InChI is InChI=1S/C21H22BrClN6O2S/c1-13(25-17-6-4-5-16(23)10-17)20-27-28-21(29(20)2)32-12-19(30)26-24-11-14-9-15(22)7-8-18(14)31-3/h4-11,13,25H,12H2,1-3H3,(H,26,30)/b24-11-/t13-/m1/s1. The van der Waals surface area contributed by atoms with Gasteiger partial charge in [0.05, 0.1) is 25.1 Å². The molecule has 0 spiro atoms. The molecular formula is C21H22BrClN6O2S. The molecule has 2 N–H and O–H groups in total. The molecule has 0 unspecified atom stereocenters. The van der Waals surface area contributed by atoms with Crippen LogP contribution in [0.15, 0.2) is 57.2 Å². The Labute approximate surface area is 203 Å². The number of carbonyl (C=O) groups is 1. The normalized spacial score (nSPS) is 12.0. The van der Waals surface area contributed by atoms with Crippen LogP contribution in [0.4, 0.5) is 5.69 Å². The minimum absolute atomic E-state index is 0.0982. The summed E-state index contributed by atoms with van der Waals surface area (Å²) in [6, 6.07) is 12.9. The highest BCUT2D eigenvalue weighted by Gasteiger charge is 2.16. The van der Waals surface area contributed by atoms with E-state index in [9.17, 15) is 4.79 Å². The van der Waals surface area contributed by atoms with Gasteiger partial charge in [-0.2, -0.15) is 5.10 Å². The number of hydrazone groups is 1. The van der Waals surface area contributed by atoms with E-state index in [1.54, 1.807) is 7.11 Å². The minimum atomic E-state index is -0.255. The van der Waals surface area contributed by atoms with Gasteiger partial charge in [-0.15, -0.1) is 10.2 Å². The van der Waals surface area contributed by atoms with Crippen molar-refractivity contribution in [1.29, 1.82) is 0 Å². The van der Waals surface area contributed by atoms with Crippen molar-refractivity contribution in [1.82, 2.24) is 20.2 Å². The number of nitrogens with one attached hydrogen (secondary N) is 2. The fourth-order valence-electron chi connectivity index (χ4n) is 2.86. The van der Waals surface area contributed by atoms with Crippen LogP contribution in [0.1, 0.15) is 24.4 Å². The fourth-order valence-corrected chi connectivity index (χ4v) is 4.14. The molecule has 0 aliphatic heterocycles. The molecule has 0 fully saturated rings. The van der Waals surface area contributed by atoms with Crippen molar-refractivity contribution in [3.63, 3.8) is 0 Å². The quantitative estimate of drug-likeness (QED) is 0.234. The van der Waals surface area contributed by atoms with Gasteiger partial charge in [0.2, 0.25) is 0 Å². The molecule has 8 nitrogen and oxygen atoms in total. The first kappa shape index (κ1) is 24.1. The van der Waals surface area contributed by atoms with Gasteiger partial charge in [-0.05, 0) is 43.3 Å². The maximum atomic E-state index is 12.2. The van der Waals surface area contributed by atoms with Gasteiger partial charge in [0.15, 0.2) is 11.0 Å². The van der Waals surface area contributed by atoms with Gasteiger partial charge in [-0.3, -0.25) is 4.79 Å². The van der Waals surface area contributed by atoms with Gasteiger partial charge < -0.3 is 14.6 Å². The Morgan fingerprint density at radius 1 is 1.34 bits per heavy atom. The number of hydrogen-bond acceptors (Lipinski definition) is 7. The van der Waals surface area contributed by atoms with Crippen LogP contribution in [0, 0.1) is 0 Å². The Bertz CT molecular complexity index is 1120. The Balaban J connectivity index is 1.54. The monoisotopic (exact) mass is 536 g/mol. The number of amides is 1. The van der Waals surface area contributed by atoms with Gasteiger partial charge >= 0.3 is 0 Å². The van der Waals surface area contributed by atoms with E-state index in [4.69, 9.17) is 16.3 Å². The summed E-state index contributed by atoms with van der Waals surface area (Å²) in [5, 5.41) is 17.1. The molecule has 32 heavy (non-hydrogen) atoms. The zero-order valence-electron chi connectivity index (χ0n) is 17.7. The van der Waals surface area contributed by atoms with Crippen LogP contribution < -0.4 is 15.5 Å². The number of nitrogens with zero attached hydrogens (tertiary/aromatic N) is 4. The molecule has 0 aliphatic rings. The zero-order valence-corrected chi connectivity index (χ0v) is 20.8. The number of methoxy groups -OCH3 is 1. The number of anilines is 1. The summed E-state index contributed by atoms with van der Waals surface area (Å²) in [6.45, 7) is 1.98. The minimum Gasteiger partial charge on any atom is -0.496 e. The third-order valence-corrected chi connectivity index (χ3v) is 6.13. The van der Waals surface area contributed by atoms with Gasteiger partial charge in [-0.1, -0.05) is 45.4 Å². The number of benzene rings is 2. The molecule has 1 aromatic heterocycles. The highest BCUT2D eigenvalue weighted by molar-refractivity contribution is 9.10. The van der Waals surface area contributed by atoms with Gasteiger partial charge in [0, 0.05) is 27.8 Å². The van der Waals surface area contributed by atoms with Crippen LogP contribution in [0.3, 0.4) is 0 Å². The van der Waals surface area contributed by atoms with E-state index < -0.39 is 0 Å². The largest absolute Gasteiger partial charge is 0.496 e. The van der Waals surface area contributed by atoms with E-state index >= 15 is 0 Å². The Hall–Kier alpha value is -2.56. The van der Waals surface area contributed by atoms with Crippen molar-refractivity contribution in [2.45, 2.75) is 18.1 Å².